The quantitative estimate of drug-likeness (QED) is 0.708. The molecule has 0 rings (SSSR count). The molecule has 0 aromatic heterocycles. The van der Waals surface area contributed by atoms with E-state index < -0.39 is 19.8 Å². The van der Waals surface area contributed by atoms with E-state index in [1.54, 1.807) is 0 Å². The third-order valence-corrected chi connectivity index (χ3v) is 5.83. The predicted molar refractivity (Wildman–Crippen MR) is 58.9 cm³/mol. The van der Waals surface area contributed by atoms with E-state index in [1.165, 1.54) is 25.7 Å². The van der Waals surface area contributed by atoms with Crippen LogP contribution in [-0.2, 0) is 19.8 Å². The monoisotopic (exact) mass is 278 g/mol. The van der Waals surface area contributed by atoms with Gasteiger partial charge in [0.1, 0.15) is 0 Å². The number of nitrogens with zero attached hydrogens (tertiary/aromatic N) is 1. The van der Waals surface area contributed by atoms with Gasteiger partial charge in [-0.1, -0.05) is 0 Å². The van der Waals surface area contributed by atoms with Gasteiger partial charge in [0.15, 0.2) is 0 Å². The molecule has 3 heteroatoms. The first kappa shape index (κ1) is 14.5. The van der Waals surface area contributed by atoms with Crippen LogP contribution in [0.5, 0.6) is 0 Å². The second kappa shape index (κ2) is 7.75. The molecule has 0 radical (unpaired) electrons. The molecule has 0 amide bonds. The van der Waals surface area contributed by atoms with E-state index in [1.807, 2.05) is 0 Å². The molecule has 0 aliphatic carbocycles. The van der Waals surface area contributed by atoms with Gasteiger partial charge in [-0.15, -0.1) is 0 Å². The maximum absolute atomic E-state index is 4.71. The number of rotatable bonds is 7. The topological polar surface area (TPSA) is 24.4 Å². The molecule has 0 aliphatic rings. The van der Waals surface area contributed by atoms with Crippen molar-refractivity contribution in [1.82, 2.24) is 3.72 Å². The first-order chi connectivity index (χ1) is 6.64. The van der Waals surface area contributed by atoms with Crippen LogP contribution in [0.3, 0.4) is 0 Å². The van der Waals surface area contributed by atoms with E-state index in [0.717, 1.165) is 0 Å². The van der Waals surface area contributed by atoms with Crippen molar-refractivity contribution >= 4 is 0 Å². The summed E-state index contributed by atoms with van der Waals surface area (Å²) in [5.74, 6) is 0. The van der Waals surface area contributed by atoms with E-state index in [2.05, 4.69) is 38.3 Å². The molecule has 0 fully saturated rings. The third kappa shape index (κ3) is 4.83. The van der Waals surface area contributed by atoms with Gasteiger partial charge in [0.05, 0.1) is 0 Å². The van der Waals surface area contributed by atoms with Crippen LogP contribution in [0, 0.1) is 0 Å². The minimum atomic E-state index is -0.507. The Labute approximate surface area is 98.8 Å². The molecule has 84 valence electrons. The Morgan fingerprint density at radius 2 is 1.64 bits per heavy atom. The molecule has 0 aliphatic heterocycles. The van der Waals surface area contributed by atoms with Gasteiger partial charge in [-0.05, 0) is 0 Å². The SMILES string of the molecule is CCC(C)/[N]=[Nb]/[NH]C(CC)(CC)CC. The van der Waals surface area contributed by atoms with Crippen LogP contribution in [0.15, 0.2) is 3.34 Å². The zero-order valence-corrected chi connectivity index (χ0v) is 12.5. The van der Waals surface area contributed by atoms with Gasteiger partial charge in [-0.2, -0.15) is 0 Å². The Balaban J connectivity index is 4.11. The number of nitrogens with one attached hydrogen (secondary N) is 1. The molecule has 0 bridgehead atoms. The maximum atomic E-state index is 4.71. The average molecular weight is 278 g/mol. The summed E-state index contributed by atoms with van der Waals surface area (Å²) in [6.07, 6.45) is 4.86. The van der Waals surface area contributed by atoms with Gasteiger partial charge >= 0.3 is 98.8 Å². The summed E-state index contributed by atoms with van der Waals surface area (Å²) in [4.78, 5) is 0. The van der Waals surface area contributed by atoms with Crippen LogP contribution < -0.4 is 3.72 Å². The molecule has 0 saturated carbocycles. The molecular formula is C11H25N2Nb. The van der Waals surface area contributed by atoms with Crippen LogP contribution in [0.4, 0.5) is 0 Å². The molecule has 0 spiro atoms. The van der Waals surface area contributed by atoms with Crippen molar-refractivity contribution in [2.45, 2.75) is 71.9 Å². The van der Waals surface area contributed by atoms with Crippen LogP contribution in [0.2, 0.25) is 0 Å². The zero-order valence-electron chi connectivity index (χ0n) is 10.3. The van der Waals surface area contributed by atoms with Gasteiger partial charge in [0, 0.05) is 0 Å². The van der Waals surface area contributed by atoms with Crippen LogP contribution >= 0.6 is 0 Å². The van der Waals surface area contributed by atoms with Gasteiger partial charge in [-0.25, -0.2) is 0 Å². The molecule has 1 atom stereocenters. The van der Waals surface area contributed by atoms with Crippen LogP contribution in [0.25, 0.3) is 0 Å². The van der Waals surface area contributed by atoms with E-state index in [4.69, 9.17) is 3.34 Å². The molecular weight excluding hydrogens is 253 g/mol. The average Bonchev–Trinajstić information content (AvgIpc) is 2.25. The van der Waals surface area contributed by atoms with E-state index in [0.29, 0.717) is 11.6 Å². The van der Waals surface area contributed by atoms with E-state index in [9.17, 15) is 0 Å². The second-order valence-corrected chi connectivity index (χ2v) is 5.53. The summed E-state index contributed by atoms with van der Waals surface area (Å²) < 4.78 is 8.44. The van der Waals surface area contributed by atoms with Gasteiger partial charge in [-0.3, -0.25) is 0 Å². The van der Waals surface area contributed by atoms with Gasteiger partial charge in [0.2, 0.25) is 0 Å². The van der Waals surface area contributed by atoms with Crippen molar-refractivity contribution in [3.63, 3.8) is 0 Å². The predicted octanol–water partition coefficient (Wildman–Crippen LogP) is 3.52. The first-order valence-corrected chi connectivity index (χ1v) is 7.89. The summed E-state index contributed by atoms with van der Waals surface area (Å²) in [6, 6.07) is 0.558. The molecule has 0 aromatic carbocycles. The van der Waals surface area contributed by atoms with E-state index in [-0.39, 0.29) is 0 Å². The zero-order chi connectivity index (χ0) is 11.0. The van der Waals surface area contributed by atoms with Gasteiger partial charge < -0.3 is 0 Å². The summed E-state index contributed by atoms with van der Waals surface area (Å²) in [7, 11) is 0. The Bertz CT molecular complexity index is 156. The molecule has 0 heterocycles. The Morgan fingerprint density at radius 3 is 2.00 bits per heavy atom. The Hall–Kier alpha value is 0.500. The van der Waals surface area contributed by atoms with E-state index >= 15 is 0 Å². The molecule has 1 unspecified atom stereocenters. The standard InChI is InChI=1S/C7H16N.C4H9N.Nb/c1-4-7(8,5-2)6-3;1-3-4(2)5;/h8H,4-6H2,1-3H3;4H,3H2,1-2H3;/q-1;;+1. The summed E-state index contributed by atoms with van der Waals surface area (Å²) >= 11 is -0.507. The summed E-state index contributed by atoms with van der Waals surface area (Å²) in [6.45, 7) is 11.2. The van der Waals surface area contributed by atoms with Crippen molar-refractivity contribution in [1.29, 1.82) is 0 Å². The van der Waals surface area contributed by atoms with Crippen molar-refractivity contribution in [2.75, 3.05) is 0 Å². The van der Waals surface area contributed by atoms with Crippen molar-refractivity contribution in [3.05, 3.63) is 0 Å². The molecule has 0 aromatic rings. The number of hydrogen-bond acceptors (Lipinski definition) is 1. The van der Waals surface area contributed by atoms with Crippen LogP contribution in [0.1, 0.15) is 60.3 Å². The molecule has 1 N–H and O–H groups in total. The van der Waals surface area contributed by atoms with Gasteiger partial charge in [0.25, 0.3) is 0 Å². The summed E-state index contributed by atoms with van der Waals surface area (Å²) in [5.41, 5.74) is 0.383. The first-order valence-electron chi connectivity index (χ1n) is 5.81. The minimum absolute atomic E-state index is 0.383. The fourth-order valence-electron chi connectivity index (χ4n) is 1.30. The van der Waals surface area contributed by atoms with Crippen molar-refractivity contribution in [2.24, 2.45) is 3.34 Å². The summed E-state index contributed by atoms with van der Waals surface area (Å²) in [5, 5.41) is 0. The Kier molecular flexibility index (Phi) is 8.03. The van der Waals surface area contributed by atoms with Crippen molar-refractivity contribution < 1.29 is 19.8 Å². The van der Waals surface area contributed by atoms with Crippen molar-refractivity contribution in [3.8, 4) is 0 Å². The molecule has 2 nitrogen and oxygen atoms in total. The number of hydrogen-bond donors (Lipinski definition) is 1. The second-order valence-electron chi connectivity index (χ2n) is 3.93. The fraction of sp³-hybridized carbons (Fsp3) is 1.00. The normalized spacial score (nSPS) is 14.9. The third-order valence-electron chi connectivity index (χ3n) is 3.16. The van der Waals surface area contributed by atoms with Crippen LogP contribution in [-0.4, -0.2) is 11.6 Å². The molecule has 0 saturated heterocycles. The fourth-order valence-corrected chi connectivity index (χ4v) is 4.02. The Morgan fingerprint density at radius 1 is 1.14 bits per heavy atom. The molecule has 14 heavy (non-hydrogen) atoms.